The molecule has 7 heteroatoms. The Morgan fingerprint density at radius 3 is 2.48 bits per heavy atom. The number of aryl methyl sites for hydroxylation is 1. The van der Waals surface area contributed by atoms with Crippen molar-refractivity contribution < 1.29 is 14.1 Å². The predicted octanol–water partition coefficient (Wildman–Crippen LogP) is 1.32. The molecule has 0 spiro atoms. The minimum atomic E-state index is -0.0505. The van der Waals surface area contributed by atoms with Gasteiger partial charge in [0, 0.05) is 38.3 Å². The van der Waals surface area contributed by atoms with E-state index in [2.05, 4.69) is 10.5 Å². The highest BCUT2D eigenvalue weighted by molar-refractivity contribution is 5.78. The highest BCUT2D eigenvalue weighted by Gasteiger charge is 2.28. The summed E-state index contributed by atoms with van der Waals surface area (Å²) in [6, 6.07) is 2.07. The third-order valence-electron chi connectivity index (χ3n) is 4.52. The molecule has 0 atom stereocenters. The number of urea groups is 1. The van der Waals surface area contributed by atoms with E-state index in [4.69, 9.17) is 4.52 Å². The fourth-order valence-electron chi connectivity index (χ4n) is 3.26. The summed E-state index contributed by atoms with van der Waals surface area (Å²) in [6.07, 6.45) is 4.05. The zero-order chi connectivity index (χ0) is 16.2. The van der Waals surface area contributed by atoms with E-state index in [1.165, 1.54) is 0 Å². The number of carbonyl (C=O) groups is 2. The molecule has 2 aliphatic rings. The van der Waals surface area contributed by atoms with Gasteiger partial charge in [-0.2, -0.15) is 0 Å². The van der Waals surface area contributed by atoms with Crippen LogP contribution in [0.4, 0.5) is 4.79 Å². The maximum Gasteiger partial charge on any atom is 0.319 e. The standard InChI is InChI=1S/C16H24N4O3/c1-12-10-14(23-18-12)11-15(21)17-13-4-8-20(9-5-13)16(22)19-6-2-3-7-19/h10,13H,2-9,11H2,1H3,(H,17,21). The van der Waals surface area contributed by atoms with Crippen molar-refractivity contribution in [3.63, 3.8) is 0 Å². The normalized spacial score (nSPS) is 19.2. The second-order valence-electron chi connectivity index (χ2n) is 6.42. The second kappa shape index (κ2) is 7.02. The Labute approximate surface area is 136 Å². The van der Waals surface area contributed by atoms with Gasteiger partial charge in [-0.15, -0.1) is 0 Å². The van der Waals surface area contributed by atoms with E-state index < -0.39 is 0 Å². The highest BCUT2D eigenvalue weighted by atomic mass is 16.5. The van der Waals surface area contributed by atoms with Gasteiger partial charge in [-0.05, 0) is 32.6 Å². The number of carbonyl (C=O) groups excluding carboxylic acids is 2. The first-order valence-electron chi connectivity index (χ1n) is 8.37. The van der Waals surface area contributed by atoms with Crippen LogP contribution >= 0.6 is 0 Å². The van der Waals surface area contributed by atoms with Gasteiger partial charge < -0.3 is 19.6 Å². The Kier molecular flexibility index (Phi) is 4.83. The van der Waals surface area contributed by atoms with E-state index in [-0.39, 0.29) is 24.4 Å². The Balaban J connectivity index is 1.41. The van der Waals surface area contributed by atoms with Gasteiger partial charge in [0.15, 0.2) is 0 Å². The molecule has 1 aromatic rings. The maximum absolute atomic E-state index is 12.3. The average molecular weight is 320 g/mol. The summed E-state index contributed by atoms with van der Waals surface area (Å²) in [5.41, 5.74) is 0.779. The summed E-state index contributed by atoms with van der Waals surface area (Å²) in [5, 5.41) is 6.81. The molecule has 0 saturated carbocycles. The van der Waals surface area contributed by atoms with E-state index in [9.17, 15) is 9.59 Å². The minimum absolute atomic E-state index is 0.0505. The third-order valence-corrected chi connectivity index (χ3v) is 4.52. The van der Waals surface area contributed by atoms with Crippen LogP contribution < -0.4 is 5.32 Å². The van der Waals surface area contributed by atoms with Crippen LogP contribution in [0.25, 0.3) is 0 Å². The number of amides is 3. The summed E-state index contributed by atoms with van der Waals surface area (Å²) in [7, 11) is 0. The van der Waals surface area contributed by atoms with Gasteiger partial charge in [0.2, 0.25) is 5.91 Å². The van der Waals surface area contributed by atoms with Crippen molar-refractivity contribution in [1.82, 2.24) is 20.3 Å². The molecule has 0 bridgehead atoms. The lowest BCUT2D eigenvalue weighted by molar-refractivity contribution is -0.121. The van der Waals surface area contributed by atoms with E-state index in [0.717, 1.165) is 44.5 Å². The molecule has 2 fully saturated rings. The third kappa shape index (κ3) is 4.03. The average Bonchev–Trinajstić information content (AvgIpc) is 3.19. The lowest BCUT2D eigenvalue weighted by Gasteiger charge is -2.34. The SMILES string of the molecule is Cc1cc(CC(=O)NC2CCN(C(=O)N3CCCC3)CC2)on1. The number of likely N-dealkylation sites (tertiary alicyclic amines) is 2. The molecule has 1 aromatic heterocycles. The summed E-state index contributed by atoms with van der Waals surface area (Å²) in [5.74, 6) is 0.534. The monoisotopic (exact) mass is 320 g/mol. The lowest BCUT2D eigenvalue weighted by atomic mass is 10.0. The molecule has 1 N–H and O–H groups in total. The van der Waals surface area contributed by atoms with Gasteiger partial charge in [0.25, 0.3) is 0 Å². The molecule has 3 amide bonds. The molecular formula is C16H24N4O3. The van der Waals surface area contributed by atoms with Crippen LogP contribution in [0.1, 0.15) is 37.1 Å². The van der Waals surface area contributed by atoms with Gasteiger partial charge in [-0.3, -0.25) is 4.79 Å². The zero-order valence-electron chi connectivity index (χ0n) is 13.6. The molecule has 2 aliphatic heterocycles. The van der Waals surface area contributed by atoms with Crippen molar-refractivity contribution in [2.45, 2.75) is 45.1 Å². The zero-order valence-corrected chi connectivity index (χ0v) is 13.6. The van der Waals surface area contributed by atoms with Crippen LogP contribution in [0.3, 0.4) is 0 Å². The number of nitrogens with one attached hydrogen (secondary N) is 1. The second-order valence-corrected chi connectivity index (χ2v) is 6.42. The number of nitrogens with zero attached hydrogens (tertiary/aromatic N) is 3. The smallest absolute Gasteiger partial charge is 0.319 e. The molecule has 0 radical (unpaired) electrons. The Hall–Kier alpha value is -2.05. The first-order valence-corrected chi connectivity index (χ1v) is 8.37. The van der Waals surface area contributed by atoms with Crippen molar-refractivity contribution in [3.05, 3.63) is 17.5 Å². The van der Waals surface area contributed by atoms with Crippen LogP contribution in [-0.4, -0.2) is 59.1 Å². The van der Waals surface area contributed by atoms with Gasteiger partial charge in [0.1, 0.15) is 5.76 Å². The van der Waals surface area contributed by atoms with E-state index in [0.29, 0.717) is 18.8 Å². The van der Waals surface area contributed by atoms with Gasteiger partial charge in [-0.1, -0.05) is 5.16 Å². The molecule has 3 heterocycles. The van der Waals surface area contributed by atoms with Crippen molar-refractivity contribution in [2.75, 3.05) is 26.2 Å². The van der Waals surface area contributed by atoms with Crippen LogP contribution in [0.15, 0.2) is 10.6 Å². The Morgan fingerprint density at radius 1 is 1.22 bits per heavy atom. The van der Waals surface area contributed by atoms with Crippen molar-refractivity contribution in [3.8, 4) is 0 Å². The largest absolute Gasteiger partial charge is 0.361 e. The van der Waals surface area contributed by atoms with Crippen molar-refractivity contribution >= 4 is 11.9 Å². The van der Waals surface area contributed by atoms with E-state index in [1.54, 1.807) is 6.07 Å². The molecule has 0 unspecified atom stereocenters. The Bertz CT molecular complexity index is 557. The molecule has 7 nitrogen and oxygen atoms in total. The van der Waals surface area contributed by atoms with E-state index in [1.807, 2.05) is 16.7 Å². The predicted molar refractivity (Wildman–Crippen MR) is 83.9 cm³/mol. The summed E-state index contributed by atoms with van der Waals surface area (Å²) in [6.45, 7) is 5.01. The quantitative estimate of drug-likeness (QED) is 0.911. The van der Waals surface area contributed by atoms with Gasteiger partial charge >= 0.3 is 6.03 Å². The first-order chi connectivity index (χ1) is 11.1. The topological polar surface area (TPSA) is 78.7 Å². The molecule has 0 aromatic carbocycles. The molecule has 2 saturated heterocycles. The maximum atomic E-state index is 12.3. The van der Waals surface area contributed by atoms with Crippen molar-refractivity contribution in [2.24, 2.45) is 0 Å². The minimum Gasteiger partial charge on any atom is -0.361 e. The van der Waals surface area contributed by atoms with Gasteiger partial charge in [0.05, 0.1) is 12.1 Å². The molecule has 23 heavy (non-hydrogen) atoms. The molecule has 0 aliphatic carbocycles. The lowest BCUT2D eigenvalue weighted by Crippen LogP contribution is -2.50. The van der Waals surface area contributed by atoms with Crippen LogP contribution in [0.2, 0.25) is 0 Å². The highest BCUT2D eigenvalue weighted by Crippen LogP contribution is 2.16. The molecular weight excluding hydrogens is 296 g/mol. The number of hydrogen-bond donors (Lipinski definition) is 1. The first kappa shape index (κ1) is 15.8. The summed E-state index contributed by atoms with van der Waals surface area (Å²) < 4.78 is 5.06. The fourth-order valence-corrected chi connectivity index (χ4v) is 3.26. The summed E-state index contributed by atoms with van der Waals surface area (Å²) in [4.78, 5) is 28.2. The Morgan fingerprint density at radius 2 is 1.87 bits per heavy atom. The molecule has 3 rings (SSSR count). The number of hydrogen-bond acceptors (Lipinski definition) is 4. The number of piperidine rings is 1. The number of rotatable bonds is 3. The molecule has 126 valence electrons. The van der Waals surface area contributed by atoms with Crippen molar-refractivity contribution in [1.29, 1.82) is 0 Å². The number of aromatic nitrogens is 1. The fraction of sp³-hybridized carbons (Fsp3) is 0.688. The van der Waals surface area contributed by atoms with Crippen LogP contribution in [0, 0.1) is 6.92 Å². The van der Waals surface area contributed by atoms with Crippen LogP contribution in [0.5, 0.6) is 0 Å². The van der Waals surface area contributed by atoms with Gasteiger partial charge in [-0.25, -0.2) is 4.79 Å². The summed E-state index contributed by atoms with van der Waals surface area (Å²) >= 11 is 0. The van der Waals surface area contributed by atoms with Crippen LogP contribution in [-0.2, 0) is 11.2 Å². The van der Waals surface area contributed by atoms with E-state index >= 15 is 0 Å².